The molecule has 2 aromatic rings. The zero-order chi connectivity index (χ0) is 18.1. The Bertz CT molecular complexity index is 808. The monoisotopic (exact) mass is 336 g/mol. The highest BCUT2D eigenvalue weighted by molar-refractivity contribution is 5.97. The zero-order valence-electron chi connectivity index (χ0n) is 13.3. The maximum absolute atomic E-state index is 12.0. The molecular weight excluding hydrogens is 320 g/mol. The van der Waals surface area contributed by atoms with Crippen LogP contribution in [0.25, 0.3) is 0 Å². The van der Waals surface area contributed by atoms with Gasteiger partial charge in [-0.2, -0.15) is 5.26 Å². The van der Waals surface area contributed by atoms with Crippen LogP contribution in [0, 0.1) is 21.4 Å². The summed E-state index contributed by atoms with van der Waals surface area (Å²) < 4.78 is 0. The Morgan fingerprint density at radius 2 is 1.84 bits per heavy atom. The average Bonchev–Trinajstić information content (AvgIpc) is 2.63. The summed E-state index contributed by atoms with van der Waals surface area (Å²) in [5, 5.41) is 25.2. The van der Waals surface area contributed by atoms with Crippen molar-refractivity contribution in [2.75, 3.05) is 11.9 Å². The molecule has 25 heavy (non-hydrogen) atoms. The van der Waals surface area contributed by atoms with Crippen molar-refractivity contribution in [3.8, 4) is 6.07 Å². The average molecular weight is 336 g/mol. The molecule has 0 bridgehead atoms. The van der Waals surface area contributed by atoms with Gasteiger partial charge in [-0.05, 0) is 24.1 Å². The van der Waals surface area contributed by atoms with Crippen LogP contribution in [-0.2, 0) is 11.2 Å². The Hall–Kier alpha value is -3.66. The first-order valence-electron chi connectivity index (χ1n) is 7.53. The van der Waals surface area contributed by atoms with Crippen molar-refractivity contribution in [2.45, 2.75) is 6.42 Å². The quantitative estimate of drug-likeness (QED) is 0.350. The van der Waals surface area contributed by atoms with Gasteiger partial charge in [0.2, 0.25) is 0 Å². The van der Waals surface area contributed by atoms with Crippen molar-refractivity contribution < 1.29 is 9.72 Å². The van der Waals surface area contributed by atoms with E-state index in [9.17, 15) is 14.9 Å². The van der Waals surface area contributed by atoms with Crippen LogP contribution in [0.1, 0.15) is 5.56 Å². The Morgan fingerprint density at radius 1 is 1.16 bits per heavy atom. The second-order valence-corrected chi connectivity index (χ2v) is 5.11. The van der Waals surface area contributed by atoms with E-state index < -0.39 is 10.8 Å². The molecule has 0 spiro atoms. The van der Waals surface area contributed by atoms with E-state index in [0.717, 1.165) is 5.56 Å². The van der Waals surface area contributed by atoms with Gasteiger partial charge in [-0.3, -0.25) is 14.9 Å². The molecule has 0 fully saturated rings. The zero-order valence-corrected chi connectivity index (χ0v) is 13.3. The van der Waals surface area contributed by atoms with Crippen LogP contribution in [0.15, 0.2) is 66.4 Å². The molecule has 0 aliphatic carbocycles. The number of nitrogens with one attached hydrogen (secondary N) is 2. The fourth-order valence-electron chi connectivity index (χ4n) is 2.04. The van der Waals surface area contributed by atoms with Gasteiger partial charge in [0.1, 0.15) is 11.6 Å². The number of benzene rings is 2. The van der Waals surface area contributed by atoms with Crippen LogP contribution >= 0.6 is 0 Å². The molecule has 0 saturated carbocycles. The van der Waals surface area contributed by atoms with Crippen molar-refractivity contribution in [1.82, 2.24) is 5.32 Å². The van der Waals surface area contributed by atoms with Crippen LogP contribution < -0.4 is 10.6 Å². The molecule has 0 aromatic heterocycles. The highest BCUT2D eigenvalue weighted by Gasteiger charge is 2.08. The summed E-state index contributed by atoms with van der Waals surface area (Å²) in [5.74, 6) is -0.479. The number of nitriles is 1. The second kappa shape index (κ2) is 8.84. The molecule has 0 unspecified atom stereocenters. The van der Waals surface area contributed by atoms with Gasteiger partial charge in [0.25, 0.3) is 11.6 Å². The molecule has 2 rings (SSSR count). The number of hydrogen-bond donors (Lipinski definition) is 2. The summed E-state index contributed by atoms with van der Waals surface area (Å²) in [6, 6.07) is 17.2. The van der Waals surface area contributed by atoms with Crippen LogP contribution in [0.4, 0.5) is 11.4 Å². The summed E-state index contributed by atoms with van der Waals surface area (Å²) in [6.45, 7) is 0.416. The maximum Gasteiger partial charge on any atom is 0.269 e. The number of carbonyl (C=O) groups excluding carboxylic acids is 1. The first-order valence-corrected chi connectivity index (χ1v) is 7.53. The third kappa shape index (κ3) is 5.48. The number of amides is 1. The maximum atomic E-state index is 12.0. The standard InChI is InChI=1S/C18H16N4O3/c19-12-15(13-21-16-6-8-17(9-7-16)22(24)25)18(23)20-11-10-14-4-2-1-3-5-14/h1-9,13,21H,10-11H2,(H,20,23)/b15-13-. The van der Waals surface area contributed by atoms with Gasteiger partial charge in [0, 0.05) is 30.6 Å². The normalized spacial score (nSPS) is 10.6. The fraction of sp³-hybridized carbons (Fsp3) is 0.111. The molecule has 0 atom stereocenters. The number of anilines is 1. The van der Waals surface area contributed by atoms with Gasteiger partial charge < -0.3 is 10.6 Å². The van der Waals surface area contributed by atoms with Crippen LogP contribution in [0.5, 0.6) is 0 Å². The topological polar surface area (TPSA) is 108 Å². The van der Waals surface area contributed by atoms with Gasteiger partial charge >= 0.3 is 0 Å². The van der Waals surface area contributed by atoms with E-state index in [4.69, 9.17) is 5.26 Å². The lowest BCUT2D eigenvalue weighted by molar-refractivity contribution is -0.384. The first-order chi connectivity index (χ1) is 12.1. The molecule has 0 radical (unpaired) electrons. The summed E-state index contributed by atoms with van der Waals surface area (Å²) in [6.07, 6.45) is 1.94. The van der Waals surface area contributed by atoms with Crippen LogP contribution in [0.3, 0.4) is 0 Å². The number of non-ortho nitro benzene ring substituents is 1. The van der Waals surface area contributed by atoms with Crippen LogP contribution in [0.2, 0.25) is 0 Å². The molecule has 126 valence electrons. The van der Waals surface area contributed by atoms with E-state index >= 15 is 0 Å². The fourth-order valence-corrected chi connectivity index (χ4v) is 2.04. The minimum Gasteiger partial charge on any atom is -0.360 e. The predicted octanol–water partition coefficient (Wildman–Crippen LogP) is 2.77. The Labute approximate surface area is 144 Å². The molecule has 0 aliphatic rings. The summed E-state index contributed by atoms with van der Waals surface area (Å²) in [5.41, 5.74) is 1.52. The highest BCUT2D eigenvalue weighted by atomic mass is 16.6. The molecule has 2 aromatic carbocycles. The van der Waals surface area contributed by atoms with Gasteiger partial charge in [-0.25, -0.2) is 0 Å². The SMILES string of the molecule is N#C/C(=C/Nc1ccc([N+](=O)[O-])cc1)C(=O)NCCc1ccccc1. The Morgan fingerprint density at radius 3 is 2.44 bits per heavy atom. The number of nitro benzene ring substituents is 1. The van der Waals surface area contributed by atoms with E-state index in [1.807, 2.05) is 36.4 Å². The van der Waals surface area contributed by atoms with E-state index in [0.29, 0.717) is 18.7 Å². The van der Waals surface area contributed by atoms with Crippen molar-refractivity contribution in [1.29, 1.82) is 5.26 Å². The van der Waals surface area contributed by atoms with Gasteiger partial charge in [0.05, 0.1) is 4.92 Å². The molecular formula is C18H16N4O3. The molecule has 0 saturated heterocycles. The van der Waals surface area contributed by atoms with Crippen molar-refractivity contribution >= 4 is 17.3 Å². The van der Waals surface area contributed by atoms with Crippen molar-refractivity contribution in [2.24, 2.45) is 0 Å². The lowest BCUT2D eigenvalue weighted by Crippen LogP contribution is -2.27. The Kier molecular flexibility index (Phi) is 6.25. The van der Waals surface area contributed by atoms with E-state index in [-0.39, 0.29) is 11.3 Å². The number of carbonyl (C=O) groups is 1. The number of nitro groups is 1. The number of rotatable bonds is 7. The summed E-state index contributed by atoms with van der Waals surface area (Å²) in [4.78, 5) is 22.1. The smallest absolute Gasteiger partial charge is 0.269 e. The predicted molar refractivity (Wildman–Crippen MR) is 93.6 cm³/mol. The first kappa shape index (κ1) is 17.7. The summed E-state index contributed by atoms with van der Waals surface area (Å²) >= 11 is 0. The van der Waals surface area contributed by atoms with Gasteiger partial charge in [-0.15, -0.1) is 0 Å². The minimum absolute atomic E-state index is 0.0336. The second-order valence-electron chi connectivity index (χ2n) is 5.11. The highest BCUT2D eigenvalue weighted by Crippen LogP contribution is 2.15. The van der Waals surface area contributed by atoms with E-state index in [1.165, 1.54) is 30.5 Å². The number of hydrogen-bond acceptors (Lipinski definition) is 5. The third-order valence-corrected chi connectivity index (χ3v) is 3.37. The molecule has 1 amide bonds. The van der Waals surface area contributed by atoms with E-state index in [2.05, 4.69) is 10.6 Å². The van der Waals surface area contributed by atoms with Crippen LogP contribution in [-0.4, -0.2) is 17.4 Å². The largest absolute Gasteiger partial charge is 0.360 e. The molecule has 0 heterocycles. The lowest BCUT2D eigenvalue weighted by atomic mass is 10.1. The van der Waals surface area contributed by atoms with Gasteiger partial charge in [0.15, 0.2) is 0 Å². The molecule has 7 nitrogen and oxygen atoms in total. The lowest BCUT2D eigenvalue weighted by Gasteiger charge is -2.05. The molecule has 2 N–H and O–H groups in total. The molecule has 7 heteroatoms. The van der Waals surface area contributed by atoms with Crippen molar-refractivity contribution in [3.63, 3.8) is 0 Å². The third-order valence-electron chi connectivity index (χ3n) is 3.37. The Balaban J connectivity index is 1.89. The van der Waals surface area contributed by atoms with Crippen molar-refractivity contribution in [3.05, 3.63) is 82.0 Å². The summed E-state index contributed by atoms with van der Waals surface area (Å²) in [7, 11) is 0. The van der Waals surface area contributed by atoms with E-state index in [1.54, 1.807) is 0 Å². The molecule has 0 aliphatic heterocycles. The number of nitrogens with zero attached hydrogens (tertiary/aromatic N) is 2. The van der Waals surface area contributed by atoms with Gasteiger partial charge in [-0.1, -0.05) is 30.3 Å². The minimum atomic E-state index is -0.499.